The lowest BCUT2D eigenvalue weighted by molar-refractivity contribution is 0.593. The molecule has 1 aromatic rings. The lowest BCUT2D eigenvalue weighted by Gasteiger charge is -2.09. The predicted molar refractivity (Wildman–Crippen MR) is 53.5 cm³/mol. The molecule has 66 valence electrons. The molecule has 1 N–H and O–H groups in total. The molecule has 1 nitrogen and oxygen atoms in total. The Hall–Kier alpha value is -0.530. The van der Waals surface area contributed by atoms with Crippen molar-refractivity contribution in [3.05, 3.63) is 35.9 Å². The Balaban J connectivity index is 2.33. The summed E-state index contributed by atoms with van der Waals surface area (Å²) in [6.07, 6.45) is 0. The number of alkyl halides is 1. The van der Waals surface area contributed by atoms with E-state index in [0.717, 1.165) is 6.54 Å². The lowest BCUT2D eigenvalue weighted by atomic mass is 10.2. The van der Waals surface area contributed by atoms with Crippen LogP contribution in [0.4, 0.5) is 0 Å². The van der Waals surface area contributed by atoms with Crippen molar-refractivity contribution < 1.29 is 0 Å². The summed E-state index contributed by atoms with van der Waals surface area (Å²) in [4.78, 5) is 0. The molecule has 0 radical (unpaired) electrons. The van der Waals surface area contributed by atoms with Crippen molar-refractivity contribution in [2.75, 3.05) is 5.88 Å². The Labute approximate surface area is 78.7 Å². The van der Waals surface area contributed by atoms with E-state index >= 15 is 0 Å². The maximum Gasteiger partial charge on any atom is 0.0374 e. The average molecular weight is 184 g/mol. The Morgan fingerprint density at radius 1 is 1.33 bits per heavy atom. The summed E-state index contributed by atoms with van der Waals surface area (Å²) in [6, 6.07) is 10.7. The van der Waals surface area contributed by atoms with Gasteiger partial charge in [-0.1, -0.05) is 30.3 Å². The van der Waals surface area contributed by atoms with E-state index in [1.807, 2.05) is 18.2 Å². The standard InChI is InChI=1S/C10H14ClN/c1-9(7-11)12-8-10-5-3-2-4-6-10/h2-6,9,12H,7-8H2,1H3/t9-/m0/s1. The highest BCUT2D eigenvalue weighted by Gasteiger charge is 1.97. The first-order valence-electron chi connectivity index (χ1n) is 4.16. The van der Waals surface area contributed by atoms with Crippen LogP contribution < -0.4 is 5.32 Å². The summed E-state index contributed by atoms with van der Waals surface area (Å²) in [6.45, 7) is 2.98. The summed E-state index contributed by atoms with van der Waals surface area (Å²) in [5, 5.41) is 3.32. The van der Waals surface area contributed by atoms with Crippen LogP contribution in [-0.2, 0) is 6.54 Å². The molecule has 1 rings (SSSR count). The van der Waals surface area contributed by atoms with Gasteiger partial charge in [-0.3, -0.25) is 0 Å². The van der Waals surface area contributed by atoms with Crippen LogP contribution in [0.2, 0.25) is 0 Å². The third-order valence-electron chi connectivity index (χ3n) is 1.73. The van der Waals surface area contributed by atoms with Gasteiger partial charge in [-0.25, -0.2) is 0 Å². The van der Waals surface area contributed by atoms with Gasteiger partial charge in [0.1, 0.15) is 0 Å². The van der Waals surface area contributed by atoms with Gasteiger partial charge in [-0.15, -0.1) is 11.6 Å². The van der Waals surface area contributed by atoms with Gasteiger partial charge in [0.25, 0.3) is 0 Å². The summed E-state index contributed by atoms with van der Waals surface area (Å²) >= 11 is 5.66. The minimum absolute atomic E-state index is 0.381. The molecular weight excluding hydrogens is 170 g/mol. The van der Waals surface area contributed by atoms with Crippen LogP contribution in [0.3, 0.4) is 0 Å². The fraction of sp³-hybridized carbons (Fsp3) is 0.400. The Morgan fingerprint density at radius 2 is 2.00 bits per heavy atom. The molecule has 0 saturated carbocycles. The average Bonchev–Trinajstić information content (AvgIpc) is 2.16. The molecule has 0 aliphatic rings. The van der Waals surface area contributed by atoms with Crippen molar-refractivity contribution in [2.24, 2.45) is 0 Å². The van der Waals surface area contributed by atoms with Crippen LogP contribution in [0.25, 0.3) is 0 Å². The number of nitrogens with one attached hydrogen (secondary N) is 1. The number of halogens is 1. The van der Waals surface area contributed by atoms with Crippen LogP contribution in [-0.4, -0.2) is 11.9 Å². The van der Waals surface area contributed by atoms with Crippen molar-refractivity contribution in [3.63, 3.8) is 0 Å². The van der Waals surface area contributed by atoms with Crippen molar-refractivity contribution >= 4 is 11.6 Å². The Morgan fingerprint density at radius 3 is 2.58 bits per heavy atom. The van der Waals surface area contributed by atoms with Crippen LogP contribution in [0.5, 0.6) is 0 Å². The molecule has 0 fully saturated rings. The van der Waals surface area contributed by atoms with Gasteiger partial charge in [-0.05, 0) is 12.5 Å². The lowest BCUT2D eigenvalue weighted by Crippen LogP contribution is -2.26. The zero-order valence-corrected chi connectivity index (χ0v) is 8.01. The summed E-state index contributed by atoms with van der Waals surface area (Å²) in [5.74, 6) is 0.660. The third-order valence-corrected chi connectivity index (χ3v) is 2.19. The Bertz CT molecular complexity index is 210. The number of rotatable bonds is 4. The number of hydrogen-bond acceptors (Lipinski definition) is 1. The maximum atomic E-state index is 5.66. The zero-order valence-electron chi connectivity index (χ0n) is 7.26. The molecule has 0 heterocycles. The van der Waals surface area contributed by atoms with E-state index in [0.29, 0.717) is 11.9 Å². The summed E-state index contributed by atoms with van der Waals surface area (Å²) < 4.78 is 0. The topological polar surface area (TPSA) is 12.0 Å². The molecule has 0 unspecified atom stereocenters. The quantitative estimate of drug-likeness (QED) is 0.707. The minimum Gasteiger partial charge on any atom is -0.309 e. The van der Waals surface area contributed by atoms with E-state index in [1.54, 1.807) is 0 Å². The molecule has 2 heteroatoms. The molecule has 0 spiro atoms. The highest BCUT2D eigenvalue weighted by Crippen LogP contribution is 1.98. The first-order chi connectivity index (χ1) is 5.83. The summed E-state index contributed by atoms with van der Waals surface area (Å²) in [5.41, 5.74) is 1.30. The normalized spacial score (nSPS) is 12.8. The van der Waals surface area contributed by atoms with E-state index < -0.39 is 0 Å². The van der Waals surface area contributed by atoms with Gasteiger partial charge >= 0.3 is 0 Å². The molecule has 1 aromatic carbocycles. The largest absolute Gasteiger partial charge is 0.309 e. The van der Waals surface area contributed by atoms with E-state index in [2.05, 4.69) is 24.4 Å². The first kappa shape index (κ1) is 9.56. The van der Waals surface area contributed by atoms with E-state index in [-0.39, 0.29) is 0 Å². The van der Waals surface area contributed by atoms with Crippen molar-refractivity contribution in [3.8, 4) is 0 Å². The smallest absolute Gasteiger partial charge is 0.0374 e. The third kappa shape index (κ3) is 3.24. The van der Waals surface area contributed by atoms with Gasteiger partial charge in [0.15, 0.2) is 0 Å². The van der Waals surface area contributed by atoms with Crippen molar-refractivity contribution in [2.45, 2.75) is 19.5 Å². The Kier molecular flexibility index (Phi) is 4.12. The molecule has 0 saturated heterocycles. The van der Waals surface area contributed by atoms with E-state index in [4.69, 9.17) is 11.6 Å². The van der Waals surface area contributed by atoms with Crippen LogP contribution in [0.15, 0.2) is 30.3 Å². The second-order valence-electron chi connectivity index (χ2n) is 2.92. The van der Waals surface area contributed by atoms with Crippen LogP contribution in [0, 0.1) is 0 Å². The fourth-order valence-electron chi connectivity index (χ4n) is 0.942. The number of benzene rings is 1. The SMILES string of the molecule is C[C@@H](CCl)NCc1ccccc1. The molecule has 0 amide bonds. The molecule has 0 aliphatic carbocycles. The van der Waals surface area contributed by atoms with Gasteiger partial charge in [0.2, 0.25) is 0 Å². The molecular formula is C10H14ClN. The van der Waals surface area contributed by atoms with Crippen molar-refractivity contribution in [1.29, 1.82) is 0 Å². The van der Waals surface area contributed by atoms with Gasteiger partial charge in [-0.2, -0.15) is 0 Å². The summed E-state index contributed by atoms with van der Waals surface area (Å²) in [7, 11) is 0. The molecule has 0 aliphatic heterocycles. The minimum atomic E-state index is 0.381. The molecule has 0 aromatic heterocycles. The van der Waals surface area contributed by atoms with Gasteiger partial charge in [0, 0.05) is 18.5 Å². The van der Waals surface area contributed by atoms with E-state index in [1.165, 1.54) is 5.56 Å². The van der Waals surface area contributed by atoms with Gasteiger partial charge < -0.3 is 5.32 Å². The highest BCUT2D eigenvalue weighted by molar-refractivity contribution is 6.18. The molecule has 1 atom stereocenters. The molecule has 0 bridgehead atoms. The highest BCUT2D eigenvalue weighted by atomic mass is 35.5. The number of hydrogen-bond donors (Lipinski definition) is 1. The van der Waals surface area contributed by atoms with E-state index in [9.17, 15) is 0 Å². The predicted octanol–water partition coefficient (Wildman–Crippen LogP) is 2.40. The first-order valence-corrected chi connectivity index (χ1v) is 4.69. The van der Waals surface area contributed by atoms with Gasteiger partial charge in [0.05, 0.1) is 0 Å². The monoisotopic (exact) mass is 183 g/mol. The zero-order chi connectivity index (χ0) is 8.81. The second-order valence-corrected chi connectivity index (χ2v) is 3.23. The second kappa shape index (κ2) is 5.18. The molecule has 12 heavy (non-hydrogen) atoms. The maximum absolute atomic E-state index is 5.66. The fourth-order valence-corrected chi connectivity index (χ4v) is 1.05. The van der Waals surface area contributed by atoms with Crippen LogP contribution in [0.1, 0.15) is 12.5 Å². The van der Waals surface area contributed by atoms with Crippen molar-refractivity contribution in [1.82, 2.24) is 5.32 Å². The van der Waals surface area contributed by atoms with Crippen LogP contribution >= 0.6 is 11.6 Å².